The zero-order valence-corrected chi connectivity index (χ0v) is 14.4. The predicted octanol–water partition coefficient (Wildman–Crippen LogP) is 2.34. The molecule has 0 aliphatic carbocycles. The molecule has 1 aliphatic rings. The first-order chi connectivity index (χ1) is 11.5. The molecule has 0 atom stereocenters. The lowest BCUT2D eigenvalue weighted by Gasteiger charge is -2.31. The summed E-state index contributed by atoms with van der Waals surface area (Å²) in [7, 11) is 0. The highest BCUT2D eigenvalue weighted by Gasteiger charge is 2.22. The van der Waals surface area contributed by atoms with Crippen molar-refractivity contribution in [3.8, 4) is 0 Å². The van der Waals surface area contributed by atoms with Crippen molar-refractivity contribution in [1.82, 2.24) is 20.5 Å². The molecule has 9 heteroatoms. The minimum Gasteiger partial charge on any atom is -0.366 e. The number of amides is 1. The number of H-pyrrole nitrogens is 1. The van der Waals surface area contributed by atoms with Crippen LogP contribution in [0.1, 0.15) is 23.2 Å². The maximum absolute atomic E-state index is 12.2. The van der Waals surface area contributed by atoms with Crippen molar-refractivity contribution in [2.75, 3.05) is 30.3 Å². The third-order valence-electron chi connectivity index (χ3n) is 4.08. The molecule has 1 aliphatic heterocycles. The summed E-state index contributed by atoms with van der Waals surface area (Å²) in [4.78, 5) is 18.4. The van der Waals surface area contributed by atoms with Crippen molar-refractivity contribution in [2.24, 2.45) is 5.92 Å². The third-order valence-corrected chi connectivity index (χ3v) is 4.52. The largest absolute Gasteiger partial charge is 0.366 e. The second-order valence-corrected chi connectivity index (χ2v) is 6.69. The molecule has 24 heavy (non-hydrogen) atoms. The Labute approximate surface area is 149 Å². The van der Waals surface area contributed by atoms with Crippen LogP contribution in [0.4, 0.5) is 11.9 Å². The number of carbonyl (C=O) groups is 1. The fraction of sp³-hybridized carbons (Fsp3) is 0.400. The number of nitrogens with zero attached hydrogens (tertiary/aromatic N) is 3. The molecule has 0 radical (unpaired) electrons. The van der Waals surface area contributed by atoms with E-state index in [-0.39, 0.29) is 11.9 Å². The Kier molecular flexibility index (Phi) is 5.11. The van der Waals surface area contributed by atoms with Gasteiger partial charge in [0, 0.05) is 35.2 Å². The van der Waals surface area contributed by atoms with Crippen LogP contribution in [0.2, 0.25) is 10.0 Å². The molecule has 4 N–H and O–H groups in total. The van der Waals surface area contributed by atoms with E-state index in [9.17, 15) is 4.79 Å². The highest BCUT2D eigenvalue weighted by molar-refractivity contribution is 6.35. The number of piperidine rings is 1. The summed E-state index contributed by atoms with van der Waals surface area (Å²) in [6.07, 6.45) is 1.91. The quantitative estimate of drug-likeness (QED) is 0.768. The summed E-state index contributed by atoms with van der Waals surface area (Å²) in [5.41, 5.74) is 6.00. The number of benzene rings is 1. The van der Waals surface area contributed by atoms with Gasteiger partial charge in [-0.2, -0.15) is 4.98 Å². The molecule has 1 amide bonds. The average molecular weight is 369 g/mol. The smallest absolute Gasteiger partial charge is 0.251 e. The molecule has 0 bridgehead atoms. The maximum Gasteiger partial charge on any atom is 0.251 e. The Bertz CT molecular complexity index is 706. The lowest BCUT2D eigenvalue weighted by molar-refractivity contribution is 0.0945. The maximum atomic E-state index is 12.2. The van der Waals surface area contributed by atoms with E-state index in [1.807, 2.05) is 0 Å². The summed E-state index contributed by atoms with van der Waals surface area (Å²) in [6, 6.07) is 4.82. The highest BCUT2D eigenvalue weighted by atomic mass is 35.5. The summed E-state index contributed by atoms with van der Waals surface area (Å²) in [5.74, 6) is 1.20. The minimum atomic E-state index is -0.162. The van der Waals surface area contributed by atoms with Gasteiger partial charge in [0.25, 0.3) is 5.91 Å². The van der Waals surface area contributed by atoms with E-state index in [2.05, 4.69) is 25.4 Å². The van der Waals surface area contributed by atoms with E-state index in [0.29, 0.717) is 34.0 Å². The van der Waals surface area contributed by atoms with Crippen molar-refractivity contribution < 1.29 is 4.79 Å². The molecule has 0 unspecified atom stereocenters. The van der Waals surface area contributed by atoms with E-state index < -0.39 is 0 Å². The van der Waals surface area contributed by atoms with Crippen LogP contribution in [-0.2, 0) is 0 Å². The predicted molar refractivity (Wildman–Crippen MR) is 94.5 cm³/mol. The van der Waals surface area contributed by atoms with Crippen LogP contribution in [-0.4, -0.2) is 40.7 Å². The first kappa shape index (κ1) is 16.9. The molecule has 3 rings (SSSR count). The molecule has 0 saturated carbocycles. The zero-order valence-electron chi connectivity index (χ0n) is 12.9. The number of nitrogens with one attached hydrogen (secondary N) is 2. The number of nitrogens with two attached hydrogens (primary N) is 1. The molecule has 2 heterocycles. The van der Waals surface area contributed by atoms with Crippen molar-refractivity contribution >= 4 is 41.0 Å². The third kappa shape index (κ3) is 4.10. The van der Waals surface area contributed by atoms with E-state index in [4.69, 9.17) is 28.9 Å². The van der Waals surface area contributed by atoms with Gasteiger partial charge >= 0.3 is 0 Å². The number of halogens is 2. The highest BCUT2D eigenvalue weighted by Crippen LogP contribution is 2.21. The van der Waals surface area contributed by atoms with Gasteiger partial charge in [-0.3, -0.25) is 4.79 Å². The number of aromatic nitrogens is 3. The Morgan fingerprint density at radius 3 is 2.54 bits per heavy atom. The zero-order chi connectivity index (χ0) is 17.1. The van der Waals surface area contributed by atoms with E-state index >= 15 is 0 Å². The monoisotopic (exact) mass is 368 g/mol. The van der Waals surface area contributed by atoms with Crippen LogP contribution >= 0.6 is 23.2 Å². The molecular weight excluding hydrogens is 351 g/mol. The Morgan fingerprint density at radius 1 is 1.29 bits per heavy atom. The standard InChI is InChI=1S/C15H18Cl2N6O/c16-11-5-10(6-12(17)7-11)13(24)19-8-9-1-3-23(4-2-9)15-20-14(18)21-22-15/h5-7,9H,1-4,8H2,(H,19,24)(H3,18,20,21,22). The van der Waals surface area contributed by atoms with Gasteiger partial charge in [0.05, 0.1) is 0 Å². The lowest BCUT2D eigenvalue weighted by atomic mass is 9.97. The molecule has 1 fully saturated rings. The molecule has 0 spiro atoms. The summed E-state index contributed by atoms with van der Waals surface area (Å²) in [6.45, 7) is 2.31. The number of hydrogen-bond acceptors (Lipinski definition) is 5. The van der Waals surface area contributed by atoms with E-state index in [1.165, 1.54) is 0 Å². The van der Waals surface area contributed by atoms with Crippen LogP contribution in [0.15, 0.2) is 18.2 Å². The van der Waals surface area contributed by atoms with Crippen molar-refractivity contribution in [2.45, 2.75) is 12.8 Å². The lowest BCUT2D eigenvalue weighted by Crippen LogP contribution is -2.39. The number of hydrogen-bond donors (Lipinski definition) is 3. The molecule has 7 nitrogen and oxygen atoms in total. The van der Waals surface area contributed by atoms with Gasteiger partial charge in [-0.15, -0.1) is 5.10 Å². The number of anilines is 2. The van der Waals surface area contributed by atoms with Gasteiger partial charge in [-0.25, -0.2) is 5.10 Å². The molecule has 1 saturated heterocycles. The Hall–Kier alpha value is -1.99. The fourth-order valence-electron chi connectivity index (χ4n) is 2.78. The SMILES string of the molecule is Nc1n[nH]c(N2CCC(CNC(=O)c3cc(Cl)cc(Cl)c3)CC2)n1. The van der Waals surface area contributed by atoms with Crippen LogP contribution in [0.25, 0.3) is 0 Å². The van der Waals surface area contributed by atoms with Gasteiger partial charge in [-0.1, -0.05) is 23.2 Å². The summed E-state index contributed by atoms with van der Waals surface area (Å²) in [5, 5.41) is 10.5. The van der Waals surface area contributed by atoms with Crippen molar-refractivity contribution in [3.63, 3.8) is 0 Å². The van der Waals surface area contributed by atoms with Crippen molar-refractivity contribution in [1.29, 1.82) is 0 Å². The second kappa shape index (κ2) is 7.27. The van der Waals surface area contributed by atoms with Crippen LogP contribution in [0, 0.1) is 5.92 Å². The second-order valence-electron chi connectivity index (χ2n) is 5.82. The number of aromatic amines is 1. The van der Waals surface area contributed by atoms with Crippen LogP contribution in [0.3, 0.4) is 0 Å². The van der Waals surface area contributed by atoms with E-state index in [0.717, 1.165) is 25.9 Å². The summed E-state index contributed by atoms with van der Waals surface area (Å²) >= 11 is 11.9. The molecule has 1 aromatic carbocycles. The Morgan fingerprint density at radius 2 is 1.96 bits per heavy atom. The van der Waals surface area contributed by atoms with E-state index in [1.54, 1.807) is 18.2 Å². The van der Waals surface area contributed by atoms with Crippen molar-refractivity contribution in [3.05, 3.63) is 33.8 Å². The topological polar surface area (TPSA) is 99.9 Å². The molecular formula is C15H18Cl2N6O. The molecule has 1 aromatic heterocycles. The number of nitrogen functional groups attached to an aromatic ring is 1. The fourth-order valence-corrected chi connectivity index (χ4v) is 3.31. The first-order valence-electron chi connectivity index (χ1n) is 7.68. The molecule has 128 valence electrons. The van der Waals surface area contributed by atoms with Gasteiger partial charge in [0.15, 0.2) is 0 Å². The number of carbonyl (C=O) groups excluding carboxylic acids is 1. The van der Waals surface area contributed by atoms with Gasteiger partial charge < -0.3 is 16.0 Å². The summed E-state index contributed by atoms with van der Waals surface area (Å²) < 4.78 is 0. The molecule has 2 aromatic rings. The van der Waals surface area contributed by atoms with Gasteiger partial charge in [0.1, 0.15) is 0 Å². The van der Waals surface area contributed by atoms with Crippen LogP contribution in [0.5, 0.6) is 0 Å². The van der Waals surface area contributed by atoms with Crippen LogP contribution < -0.4 is 16.0 Å². The van der Waals surface area contributed by atoms with Gasteiger partial charge in [0.2, 0.25) is 11.9 Å². The first-order valence-corrected chi connectivity index (χ1v) is 8.44. The number of rotatable bonds is 4. The average Bonchev–Trinajstić information content (AvgIpc) is 2.98. The van der Waals surface area contributed by atoms with Gasteiger partial charge in [-0.05, 0) is 37.0 Å². The normalized spacial score (nSPS) is 15.5. The Balaban J connectivity index is 1.49. The minimum absolute atomic E-state index is 0.162.